The summed E-state index contributed by atoms with van der Waals surface area (Å²) in [7, 11) is 0. The summed E-state index contributed by atoms with van der Waals surface area (Å²) in [6, 6.07) is 0. The molecule has 9 heteroatoms. The zero-order valence-electron chi connectivity index (χ0n) is 10.8. The lowest BCUT2D eigenvalue weighted by molar-refractivity contribution is 0.195. The van der Waals surface area contributed by atoms with Crippen LogP contribution in [0.3, 0.4) is 0 Å². The van der Waals surface area contributed by atoms with Crippen molar-refractivity contribution < 1.29 is 19.8 Å². The van der Waals surface area contributed by atoms with E-state index in [0.29, 0.717) is 0 Å². The van der Waals surface area contributed by atoms with Gasteiger partial charge in [-0.05, 0) is 12.0 Å². The first kappa shape index (κ1) is 15.3. The smallest absolute Gasteiger partial charge is 0.404 e. The van der Waals surface area contributed by atoms with Crippen LogP contribution in [0.5, 0.6) is 0 Å². The third-order valence-electron chi connectivity index (χ3n) is 2.51. The van der Waals surface area contributed by atoms with Crippen LogP contribution in [-0.4, -0.2) is 45.3 Å². The molecule has 1 aliphatic heterocycles. The van der Waals surface area contributed by atoms with Crippen LogP contribution in [0.25, 0.3) is 5.57 Å². The molecule has 2 heterocycles. The van der Waals surface area contributed by atoms with E-state index in [-0.39, 0.29) is 6.54 Å². The summed E-state index contributed by atoms with van der Waals surface area (Å²) in [5.41, 5.74) is 5.63. The van der Waals surface area contributed by atoms with Gasteiger partial charge in [0.05, 0.1) is 6.20 Å². The molecule has 1 aromatic rings. The van der Waals surface area contributed by atoms with Crippen molar-refractivity contribution in [3.8, 4) is 0 Å². The molecule has 110 valence electrons. The highest BCUT2D eigenvalue weighted by Gasteiger charge is 2.16. The van der Waals surface area contributed by atoms with Gasteiger partial charge in [-0.25, -0.2) is 14.3 Å². The van der Waals surface area contributed by atoms with Gasteiger partial charge in [0.1, 0.15) is 5.82 Å². The summed E-state index contributed by atoms with van der Waals surface area (Å²) in [6.45, 7) is 5.88. The zero-order valence-corrected chi connectivity index (χ0v) is 10.8. The number of rotatable bonds is 3. The lowest BCUT2D eigenvalue weighted by atomic mass is 10.1. The monoisotopic (exact) mass is 283 g/mol. The van der Waals surface area contributed by atoms with Crippen molar-refractivity contribution in [3.63, 3.8) is 0 Å². The largest absolute Gasteiger partial charge is 0.465 e. The average molecular weight is 283 g/mol. The number of nitrogens with one attached hydrogen (secondary N) is 2. The van der Waals surface area contributed by atoms with Crippen molar-refractivity contribution in [2.24, 2.45) is 5.73 Å². The Bertz CT molecular complexity index is 507. The molecule has 0 bridgehead atoms. The molecule has 20 heavy (non-hydrogen) atoms. The highest BCUT2D eigenvalue weighted by atomic mass is 16.4. The molecule has 0 spiro atoms. The van der Waals surface area contributed by atoms with Gasteiger partial charge in [-0.1, -0.05) is 6.58 Å². The van der Waals surface area contributed by atoms with Crippen LogP contribution in [0.2, 0.25) is 0 Å². The molecular formula is C11H17N5O4. The van der Waals surface area contributed by atoms with Crippen molar-refractivity contribution in [1.29, 1.82) is 0 Å². The Hall–Kier alpha value is -2.71. The first-order valence-corrected chi connectivity index (χ1v) is 5.85. The number of nitrogens with two attached hydrogens (primary N) is 1. The molecule has 1 aromatic heterocycles. The van der Waals surface area contributed by atoms with E-state index in [1.165, 1.54) is 0 Å². The number of carboxylic acid groups (broad SMARTS) is 2. The van der Waals surface area contributed by atoms with Crippen LogP contribution in [-0.2, 0) is 6.54 Å². The van der Waals surface area contributed by atoms with Crippen molar-refractivity contribution in [1.82, 2.24) is 15.1 Å². The maximum atomic E-state index is 10.4. The molecule has 0 radical (unpaired) electrons. The van der Waals surface area contributed by atoms with Crippen molar-refractivity contribution in [3.05, 3.63) is 18.3 Å². The van der Waals surface area contributed by atoms with E-state index in [2.05, 4.69) is 28.0 Å². The molecule has 0 unspecified atom stereocenters. The van der Waals surface area contributed by atoms with Crippen LogP contribution in [0.1, 0.15) is 12.0 Å². The first-order valence-electron chi connectivity index (χ1n) is 5.85. The Morgan fingerprint density at radius 1 is 1.55 bits per heavy atom. The predicted molar refractivity (Wildman–Crippen MR) is 72.6 cm³/mol. The molecule has 9 nitrogen and oxygen atoms in total. The Morgan fingerprint density at radius 2 is 2.20 bits per heavy atom. The van der Waals surface area contributed by atoms with Gasteiger partial charge in [-0.2, -0.15) is 5.10 Å². The normalized spacial score (nSPS) is 12.2. The summed E-state index contributed by atoms with van der Waals surface area (Å²) in [5, 5.41) is 25.5. The number of amides is 2. The zero-order chi connectivity index (χ0) is 15.1. The summed E-state index contributed by atoms with van der Waals surface area (Å²) >= 11 is 0. The standard InChI is InChI=1S/C10H14N4O2.CH3NO2/c1-7(5-12-10(15)16)8-6-13-14-4-2-3-11-9(8)14;2-1(3)4/h6,11-12H,1-5H2,(H,15,16);2H2,(H,3,4). The van der Waals surface area contributed by atoms with E-state index in [0.717, 1.165) is 36.5 Å². The first-order chi connectivity index (χ1) is 9.41. The highest BCUT2D eigenvalue weighted by Crippen LogP contribution is 2.24. The number of aryl methyl sites for hydroxylation is 1. The Labute approximate surface area is 115 Å². The molecule has 0 saturated heterocycles. The van der Waals surface area contributed by atoms with E-state index >= 15 is 0 Å². The van der Waals surface area contributed by atoms with Crippen LogP contribution < -0.4 is 16.4 Å². The van der Waals surface area contributed by atoms with Gasteiger partial charge in [0.15, 0.2) is 0 Å². The van der Waals surface area contributed by atoms with E-state index in [1.807, 2.05) is 4.68 Å². The topological polar surface area (TPSA) is 142 Å². The maximum Gasteiger partial charge on any atom is 0.404 e. The second-order valence-corrected chi connectivity index (χ2v) is 4.01. The molecule has 2 rings (SSSR count). The third-order valence-corrected chi connectivity index (χ3v) is 2.51. The summed E-state index contributed by atoms with van der Waals surface area (Å²) in [6.07, 6.45) is 0.392. The Morgan fingerprint density at radius 3 is 2.80 bits per heavy atom. The summed E-state index contributed by atoms with van der Waals surface area (Å²) < 4.78 is 1.88. The van der Waals surface area contributed by atoms with Crippen LogP contribution >= 0.6 is 0 Å². The van der Waals surface area contributed by atoms with Crippen LogP contribution in [0.15, 0.2) is 12.8 Å². The molecule has 1 aliphatic rings. The lowest BCUT2D eigenvalue weighted by Gasteiger charge is -2.17. The molecule has 0 atom stereocenters. The fourth-order valence-electron chi connectivity index (χ4n) is 1.71. The van der Waals surface area contributed by atoms with E-state index < -0.39 is 12.2 Å². The number of carbonyl (C=O) groups is 2. The molecule has 0 fully saturated rings. The number of anilines is 1. The van der Waals surface area contributed by atoms with Gasteiger partial charge < -0.3 is 26.6 Å². The van der Waals surface area contributed by atoms with E-state index in [4.69, 9.17) is 15.0 Å². The van der Waals surface area contributed by atoms with E-state index in [9.17, 15) is 4.79 Å². The quantitative estimate of drug-likeness (QED) is 0.549. The van der Waals surface area contributed by atoms with Crippen molar-refractivity contribution >= 4 is 23.6 Å². The number of fused-ring (bicyclic) bond motifs is 1. The molecule has 0 aliphatic carbocycles. The van der Waals surface area contributed by atoms with Gasteiger partial charge in [0.25, 0.3) is 0 Å². The maximum absolute atomic E-state index is 10.4. The Kier molecular flexibility index (Phi) is 5.39. The average Bonchev–Trinajstić information content (AvgIpc) is 2.79. The minimum absolute atomic E-state index is 0.218. The lowest BCUT2D eigenvalue weighted by Crippen LogP contribution is -2.23. The SMILES string of the molecule is C=C(CNC(=O)O)c1cnn2c1NCCC2.NC(=O)O. The number of nitrogens with zero attached hydrogens (tertiary/aromatic N) is 2. The second kappa shape index (κ2) is 7.02. The number of primary amides is 1. The minimum atomic E-state index is -1.33. The van der Waals surface area contributed by atoms with Gasteiger partial charge >= 0.3 is 12.2 Å². The summed E-state index contributed by atoms with van der Waals surface area (Å²) in [4.78, 5) is 19.2. The van der Waals surface area contributed by atoms with Crippen molar-refractivity contribution in [2.45, 2.75) is 13.0 Å². The molecule has 6 N–H and O–H groups in total. The highest BCUT2D eigenvalue weighted by molar-refractivity contribution is 5.76. The fraction of sp³-hybridized carbons (Fsp3) is 0.364. The van der Waals surface area contributed by atoms with Crippen LogP contribution in [0.4, 0.5) is 15.4 Å². The molecular weight excluding hydrogens is 266 g/mol. The number of hydrogen-bond acceptors (Lipinski definition) is 4. The number of hydrogen-bond donors (Lipinski definition) is 5. The summed E-state index contributed by atoms with van der Waals surface area (Å²) in [5.74, 6) is 0.934. The fourth-order valence-corrected chi connectivity index (χ4v) is 1.71. The molecule has 2 amide bonds. The van der Waals surface area contributed by atoms with Gasteiger partial charge in [0, 0.05) is 25.2 Å². The predicted octanol–water partition coefficient (Wildman–Crippen LogP) is 0.603. The van der Waals surface area contributed by atoms with E-state index in [1.54, 1.807) is 6.20 Å². The van der Waals surface area contributed by atoms with Gasteiger partial charge in [-0.3, -0.25) is 0 Å². The Balaban J connectivity index is 0.000000444. The third kappa shape index (κ3) is 4.52. The molecule has 0 aromatic carbocycles. The second-order valence-electron chi connectivity index (χ2n) is 4.01. The van der Waals surface area contributed by atoms with Gasteiger partial charge in [0.2, 0.25) is 0 Å². The number of aromatic nitrogens is 2. The van der Waals surface area contributed by atoms with Crippen molar-refractivity contribution in [2.75, 3.05) is 18.4 Å². The minimum Gasteiger partial charge on any atom is -0.465 e. The van der Waals surface area contributed by atoms with Gasteiger partial charge in [-0.15, -0.1) is 0 Å². The van der Waals surface area contributed by atoms with Crippen LogP contribution in [0, 0.1) is 0 Å². The molecule has 0 saturated carbocycles.